The van der Waals surface area contributed by atoms with Crippen LogP contribution in [0.2, 0.25) is 5.02 Å². The van der Waals surface area contributed by atoms with E-state index < -0.39 is 0 Å². The monoisotopic (exact) mass is 485 g/mol. The number of hydrogen-bond acceptors (Lipinski definition) is 4. The van der Waals surface area contributed by atoms with Gasteiger partial charge in [0.2, 0.25) is 0 Å². The second kappa shape index (κ2) is 8.36. The second-order valence-electron chi connectivity index (χ2n) is 8.83. The lowest BCUT2D eigenvalue weighted by Crippen LogP contribution is -2.33. The summed E-state index contributed by atoms with van der Waals surface area (Å²) in [4.78, 5) is 10.0. The number of nitrogens with one attached hydrogen (secondary N) is 1. The molecule has 0 radical (unpaired) electrons. The van der Waals surface area contributed by atoms with E-state index >= 15 is 0 Å². The van der Waals surface area contributed by atoms with Gasteiger partial charge in [-0.05, 0) is 35.2 Å². The minimum absolute atomic E-state index is 0.280. The minimum atomic E-state index is -0.280. The maximum absolute atomic E-state index is 6.43. The van der Waals surface area contributed by atoms with E-state index in [9.17, 15) is 0 Å². The second-order valence-corrected chi connectivity index (χ2v) is 9.27. The van der Waals surface area contributed by atoms with Crippen LogP contribution in [0, 0.1) is 0 Å². The Morgan fingerprint density at radius 1 is 0.750 bits per heavy atom. The topological polar surface area (TPSA) is 49.9 Å². The first kappa shape index (κ1) is 20.9. The maximum Gasteiger partial charge on any atom is 0.159 e. The summed E-state index contributed by atoms with van der Waals surface area (Å²) in [5, 5.41) is 8.34. The Balaban J connectivity index is 1.52. The highest BCUT2D eigenvalue weighted by atomic mass is 35.5. The standard InChI is InChI=1S/C31H20ClN3O/c32-22-15-16-26-24(18-22)27-25(17-21-13-7-8-14-23(21)28(27)36-26)31-34-29(19-9-3-1-4-10-19)33-30(35-31)20-11-5-2-6-12-20/h1-18,29H,(H,33,34,35). The first-order valence-corrected chi connectivity index (χ1v) is 12.2. The van der Waals surface area contributed by atoms with Crippen LogP contribution >= 0.6 is 11.6 Å². The summed E-state index contributed by atoms with van der Waals surface area (Å²) in [7, 11) is 0. The number of fused-ring (bicyclic) bond motifs is 5. The molecule has 0 bridgehead atoms. The van der Waals surface area contributed by atoms with E-state index in [2.05, 4.69) is 35.6 Å². The summed E-state index contributed by atoms with van der Waals surface area (Å²) in [6.07, 6.45) is -0.280. The summed E-state index contributed by atoms with van der Waals surface area (Å²) in [6.45, 7) is 0. The van der Waals surface area contributed by atoms with Gasteiger partial charge in [0, 0.05) is 32.3 Å². The molecule has 5 heteroatoms. The molecule has 0 spiro atoms. The quantitative estimate of drug-likeness (QED) is 0.277. The SMILES string of the molecule is Clc1ccc2oc3c4ccccc4cc(C4=NC(c5ccccc5)=NC(c5ccccc5)N4)c3c2c1. The number of furan rings is 1. The van der Waals surface area contributed by atoms with E-state index in [-0.39, 0.29) is 6.17 Å². The van der Waals surface area contributed by atoms with Gasteiger partial charge in [-0.15, -0.1) is 0 Å². The summed E-state index contributed by atoms with van der Waals surface area (Å²) in [6, 6.07) is 36.5. The maximum atomic E-state index is 6.43. The van der Waals surface area contributed by atoms with Gasteiger partial charge in [-0.25, -0.2) is 9.98 Å². The number of aliphatic imine (C=N–C) groups is 2. The van der Waals surface area contributed by atoms with Gasteiger partial charge in [0.1, 0.15) is 23.2 Å². The Bertz CT molecular complexity index is 1820. The van der Waals surface area contributed by atoms with Crippen molar-refractivity contribution in [3.05, 3.63) is 131 Å². The molecule has 0 amide bonds. The van der Waals surface area contributed by atoms with Gasteiger partial charge in [0.05, 0.1) is 0 Å². The highest BCUT2D eigenvalue weighted by molar-refractivity contribution is 6.33. The van der Waals surface area contributed by atoms with Crippen LogP contribution in [-0.2, 0) is 0 Å². The lowest BCUT2D eigenvalue weighted by molar-refractivity contribution is 0.671. The fraction of sp³-hybridized carbons (Fsp3) is 0.0323. The van der Waals surface area contributed by atoms with E-state index in [1.807, 2.05) is 78.9 Å². The van der Waals surface area contributed by atoms with Gasteiger partial charge in [-0.1, -0.05) is 96.5 Å². The number of amidine groups is 2. The average Bonchev–Trinajstić information content (AvgIpc) is 3.32. The van der Waals surface area contributed by atoms with Crippen molar-refractivity contribution in [2.45, 2.75) is 6.17 Å². The third kappa shape index (κ3) is 3.46. The van der Waals surface area contributed by atoms with Crippen molar-refractivity contribution in [2.24, 2.45) is 9.98 Å². The highest BCUT2D eigenvalue weighted by Crippen LogP contribution is 2.38. The molecule has 2 heterocycles. The van der Waals surface area contributed by atoms with Crippen molar-refractivity contribution in [3.63, 3.8) is 0 Å². The largest absolute Gasteiger partial charge is 0.455 e. The number of halogens is 1. The van der Waals surface area contributed by atoms with Gasteiger partial charge < -0.3 is 9.73 Å². The fourth-order valence-corrected chi connectivity index (χ4v) is 5.05. The van der Waals surface area contributed by atoms with Crippen molar-refractivity contribution in [2.75, 3.05) is 0 Å². The molecule has 0 saturated heterocycles. The molecular formula is C31H20ClN3O. The van der Waals surface area contributed by atoms with Crippen molar-refractivity contribution in [3.8, 4) is 0 Å². The zero-order valence-corrected chi connectivity index (χ0v) is 19.9. The summed E-state index contributed by atoms with van der Waals surface area (Å²) < 4.78 is 6.40. The van der Waals surface area contributed by atoms with E-state index in [4.69, 9.17) is 26.0 Å². The van der Waals surface area contributed by atoms with Crippen LogP contribution in [0.3, 0.4) is 0 Å². The Hall–Kier alpha value is -4.41. The van der Waals surface area contributed by atoms with E-state index in [1.54, 1.807) is 0 Å². The molecule has 6 aromatic rings. The smallest absolute Gasteiger partial charge is 0.159 e. The Labute approximate surface area is 212 Å². The third-order valence-electron chi connectivity index (χ3n) is 6.57. The normalized spacial score (nSPS) is 15.6. The lowest BCUT2D eigenvalue weighted by Gasteiger charge is -2.24. The molecule has 5 aromatic carbocycles. The molecule has 1 aliphatic heterocycles. The lowest BCUT2D eigenvalue weighted by atomic mass is 9.98. The molecule has 0 fully saturated rings. The van der Waals surface area contributed by atoms with E-state index in [0.29, 0.717) is 10.9 Å². The van der Waals surface area contributed by atoms with Crippen molar-refractivity contribution in [1.29, 1.82) is 0 Å². The number of nitrogens with zero attached hydrogens (tertiary/aromatic N) is 2. The van der Waals surface area contributed by atoms with E-state index in [0.717, 1.165) is 55.2 Å². The van der Waals surface area contributed by atoms with Gasteiger partial charge in [-0.3, -0.25) is 0 Å². The predicted octanol–water partition coefficient (Wildman–Crippen LogP) is 7.89. The molecule has 1 atom stereocenters. The summed E-state index contributed by atoms with van der Waals surface area (Å²) in [5.41, 5.74) is 4.60. The van der Waals surface area contributed by atoms with Crippen LogP contribution in [-0.4, -0.2) is 11.7 Å². The molecule has 1 aliphatic rings. The summed E-state index contributed by atoms with van der Waals surface area (Å²) in [5.74, 6) is 1.43. The van der Waals surface area contributed by atoms with Crippen molar-refractivity contribution in [1.82, 2.24) is 5.32 Å². The van der Waals surface area contributed by atoms with Crippen molar-refractivity contribution >= 4 is 56.0 Å². The van der Waals surface area contributed by atoms with Crippen LogP contribution < -0.4 is 5.32 Å². The highest BCUT2D eigenvalue weighted by Gasteiger charge is 2.25. The molecule has 0 saturated carbocycles. The summed E-state index contributed by atoms with van der Waals surface area (Å²) >= 11 is 6.43. The van der Waals surface area contributed by atoms with Gasteiger partial charge in [0.25, 0.3) is 0 Å². The molecule has 0 aliphatic carbocycles. The Kier molecular flexibility index (Phi) is 4.86. The average molecular weight is 486 g/mol. The zero-order chi connectivity index (χ0) is 24.1. The van der Waals surface area contributed by atoms with Gasteiger partial charge >= 0.3 is 0 Å². The van der Waals surface area contributed by atoms with Crippen LogP contribution in [0.4, 0.5) is 0 Å². The van der Waals surface area contributed by atoms with E-state index in [1.165, 1.54) is 0 Å². The first-order valence-electron chi connectivity index (χ1n) is 11.8. The number of rotatable bonds is 3. The molecule has 4 nitrogen and oxygen atoms in total. The molecular weight excluding hydrogens is 466 g/mol. The van der Waals surface area contributed by atoms with Gasteiger partial charge in [0.15, 0.2) is 5.84 Å². The molecule has 36 heavy (non-hydrogen) atoms. The zero-order valence-electron chi connectivity index (χ0n) is 19.2. The molecule has 172 valence electrons. The van der Waals surface area contributed by atoms with Crippen LogP contribution in [0.5, 0.6) is 0 Å². The third-order valence-corrected chi connectivity index (χ3v) is 6.80. The Morgan fingerprint density at radius 3 is 2.33 bits per heavy atom. The first-order chi connectivity index (χ1) is 17.7. The fourth-order valence-electron chi connectivity index (χ4n) is 4.88. The van der Waals surface area contributed by atoms with Gasteiger partial charge in [-0.2, -0.15) is 0 Å². The number of hydrogen-bond donors (Lipinski definition) is 1. The van der Waals surface area contributed by atoms with Crippen LogP contribution in [0.1, 0.15) is 22.9 Å². The molecule has 1 N–H and O–H groups in total. The molecule has 1 aromatic heterocycles. The number of benzene rings is 5. The van der Waals surface area contributed by atoms with Crippen LogP contribution in [0.25, 0.3) is 32.7 Å². The molecule has 1 unspecified atom stereocenters. The predicted molar refractivity (Wildman–Crippen MR) is 148 cm³/mol. The van der Waals surface area contributed by atoms with Crippen LogP contribution in [0.15, 0.2) is 124 Å². The van der Waals surface area contributed by atoms with Crippen molar-refractivity contribution < 1.29 is 4.42 Å². The molecule has 7 rings (SSSR count). The Morgan fingerprint density at radius 2 is 1.50 bits per heavy atom. The minimum Gasteiger partial charge on any atom is -0.455 e.